The predicted octanol–water partition coefficient (Wildman–Crippen LogP) is 0.524. The van der Waals surface area contributed by atoms with Crippen LogP contribution in [0.2, 0.25) is 0 Å². The van der Waals surface area contributed by atoms with Gasteiger partial charge in [-0.3, -0.25) is 0 Å². The molecule has 94 valence electrons. The zero-order chi connectivity index (χ0) is 11.3. The lowest BCUT2D eigenvalue weighted by atomic mass is 9.94. The van der Waals surface area contributed by atoms with Crippen LogP contribution in [0.4, 0.5) is 0 Å². The highest BCUT2D eigenvalue weighted by Crippen LogP contribution is 2.18. The van der Waals surface area contributed by atoms with Crippen molar-refractivity contribution >= 4 is 0 Å². The minimum absolute atomic E-state index is 0.188. The molecule has 0 spiro atoms. The molecule has 0 aromatic rings. The highest BCUT2D eigenvalue weighted by atomic mass is 16.5. The first-order valence-corrected chi connectivity index (χ1v) is 6.42. The molecule has 2 rings (SSSR count). The van der Waals surface area contributed by atoms with Crippen LogP contribution in [0.3, 0.4) is 0 Å². The van der Waals surface area contributed by atoms with E-state index in [2.05, 4.69) is 17.6 Å². The maximum Gasteiger partial charge on any atom is 0.0645 e. The molecule has 2 unspecified atom stereocenters. The Morgan fingerprint density at radius 2 is 2.31 bits per heavy atom. The minimum Gasteiger partial charge on any atom is -0.380 e. The number of ether oxygens (including phenoxy) is 2. The van der Waals surface area contributed by atoms with Crippen LogP contribution in [0.1, 0.15) is 26.2 Å². The largest absolute Gasteiger partial charge is 0.380 e. The lowest BCUT2D eigenvalue weighted by Crippen LogP contribution is -2.51. The molecule has 2 aliphatic heterocycles. The van der Waals surface area contributed by atoms with E-state index in [9.17, 15) is 0 Å². The second kappa shape index (κ2) is 5.96. The molecule has 2 heterocycles. The summed E-state index contributed by atoms with van der Waals surface area (Å²) in [5, 5.41) is 7.10. The van der Waals surface area contributed by atoms with Crippen LogP contribution in [0, 0.1) is 0 Å². The molecular weight excluding hydrogens is 204 g/mol. The molecule has 0 bridgehead atoms. The monoisotopic (exact) mass is 228 g/mol. The Morgan fingerprint density at radius 1 is 1.38 bits per heavy atom. The molecule has 2 N–H and O–H groups in total. The van der Waals surface area contributed by atoms with Crippen LogP contribution < -0.4 is 10.6 Å². The maximum absolute atomic E-state index is 5.52. The molecule has 0 amide bonds. The number of nitrogens with one attached hydrogen (secondary N) is 2. The highest BCUT2D eigenvalue weighted by Gasteiger charge is 2.26. The fourth-order valence-electron chi connectivity index (χ4n) is 2.43. The Balaban J connectivity index is 1.62. The number of morpholine rings is 1. The van der Waals surface area contributed by atoms with Crippen LogP contribution in [-0.2, 0) is 9.47 Å². The van der Waals surface area contributed by atoms with Gasteiger partial charge in [-0.2, -0.15) is 0 Å². The van der Waals surface area contributed by atoms with Gasteiger partial charge in [-0.1, -0.05) is 0 Å². The summed E-state index contributed by atoms with van der Waals surface area (Å²) < 4.78 is 11.0. The first kappa shape index (κ1) is 12.3. The number of hydrogen-bond acceptors (Lipinski definition) is 4. The topological polar surface area (TPSA) is 42.5 Å². The quantitative estimate of drug-likeness (QED) is 0.736. The molecule has 4 nitrogen and oxygen atoms in total. The van der Waals surface area contributed by atoms with Gasteiger partial charge in [0.05, 0.1) is 19.8 Å². The Hall–Kier alpha value is -0.160. The Labute approximate surface area is 98.1 Å². The molecule has 16 heavy (non-hydrogen) atoms. The summed E-state index contributed by atoms with van der Waals surface area (Å²) in [6, 6.07) is 0.523. The second-order valence-electron chi connectivity index (χ2n) is 5.16. The van der Waals surface area contributed by atoms with E-state index in [-0.39, 0.29) is 5.54 Å². The molecular formula is C12H24N2O2. The van der Waals surface area contributed by atoms with E-state index in [0.717, 1.165) is 45.9 Å². The van der Waals surface area contributed by atoms with E-state index in [1.54, 1.807) is 0 Å². The lowest BCUT2D eigenvalue weighted by Gasteiger charge is -2.35. The van der Waals surface area contributed by atoms with Gasteiger partial charge in [0.15, 0.2) is 0 Å². The van der Waals surface area contributed by atoms with Crippen molar-refractivity contribution in [2.75, 3.05) is 39.5 Å². The summed E-state index contributed by atoms with van der Waals surface area (Å²) in [5.41, 5.74) is 0.188. The van der Waals surface area contributed by atoms with E-state index in [1.807, 2.05) is 0 Å². The van der Waals surface area contributed by atoms with E-state index >= 15 is 0 Å². The Bertz CT molecular complexity index is 199. The number of rotatable bonds is 4. The summed E-state index contributed by atoms with van der Waals surface area (Å²) in [7, 11) is 0. The van der Waals surface area contributed by atoms with Gasteiger partial charge < -0.3 is 20.1 Å². The van der Waals surface area contributed by atoms with Gasteiger partial charge in [0, 0.05) is 24.7 Å². The van der Waals surface area contributed by atoms with Gasteiger partial charge in [0.25, 0.3) is 0 Å². The molecule has 2 atom stereocenters. The van der Waals surface area contributed by atoms with Gasteiger partial charge in [-0.15, -0.1) is 0 Å². The van der Waals surface area contributed by atoms with Crippen molar-refractivity contribution in [3.63, 3.8) is 0 Å². The van der Waals surface area contributed by atoms with Crippen molar-refractivity contribution in [1.82, 2.24) is 10.6 Å². The van der Waals surface area contributed by atoms with Crippen LogP contribution in [0.15, 0.2) is 0 Å². The van der Waals surface area contributed by atoms with Crippen molar-refractivity contribution in [2.45, 2.75) is 37.8 Å². The highest BCUT2D eigenvalue weighted by molar-refractivity contribution is 4.86. The molecule has 2 aliphatic rings. The van der Waals surface area contributed by atoms with E-state index in [0.29, 0.717) is 6.04 Å². The Morgan fingerprint density at radius 3 is 3.00 bits per heavy atom. The zero-order valence-corrected chi connectivity index (χ0v) is 10.3. The second-order valence-corrected chi connectivity index (χ2v) is 5.16. The zero-order valence-electron chi connectivity index (χ0n) is 10.3. The molecule has 0 aliphatic carbocycles. The summed E-state index contributed by atoms with van der Waals surface area (Å²) >= 11 is 0. The van der Waals surface area contributed by atoms with Crippen molar-refractivity contribution in [3.05, 3.63) is 0 Å². The average molecular weight is 228 g/mol. The van der Waals surface area contributed by atoms with Crippen molar-refractivity contribution in [1.29, 1.82) is 0 Å². The van der Waals surface area contributed by atoms with Gasteiger partial charge >= 0.3 is 0 Å². The van der Waals surface area contributed by atoms with Crippen LogP contribution >= 0.6 is 0 Å². The van der Waals surface area contributed by atoms with Crippen molar-refractivity contribution in [3.8, 4) is 0 Å². The molecule has 0 aromatic heterocycles. The third kappa shape index (κ3) is 3.70. The third-order valence-corrected chi connectivity index (χ3v) is 3.48. The summed E-state index contributed by atoms with van der Waals surface area (Å²) in [4.78, 5) is 0. The normalized spacial score (nSPS) is 36.2. The van der Waals surface area contributed by atoms with Crippen LogP contribution in [-0.4, -0.2) is 51.1 Å². The predicted molar refractivity (Wildman–Crippen MR) is 63.7 cm³/mol. The standard InChI is InChI=1S/C12H24N2O2/c1-12(4-2-7-16-10-12)14-5-3-11-9-15-8-6-13-11/h11,13-14H,2-10H2,1H3. The maximum atomic E-state index is 5.52. The smallest absolute Gasteiger partial charge is 0.0645 e. The van der Waals surface area contributed by atoms with Crippen molar-refractivity contribution in [2.24, 2.45) is 0 Å². The summed E-state index contributed by atoms with van der Waals surface area (Å²) in [6.45, 7) is 7.78. The van der Waals surface area contributed by atoms with E-state index in [4.69, 9.17) is 9.47 Å². The summed E-state index contributed by atoms with van der Waals surface area (Å²) in [5.74, 6) is 0. The van der Waals surface area contributed by atoms with Gasteiger partial charge in [0.1, 0.15) is 0 Å². The third-order valence-electron chi connectivity index (χ3n) is 3.48. The van der Waals surface area contributed by atoms with Crippen LogP contribution in [0.25, 0.3) is 0 Å². The molecule has 2 fully saturated rings. The van der Waals surface area contributed by atoms with E-state index < -0.39 is 0 Å². The van der Waals surface area contributed by atoms with Gasteiger partial charge in [-0.25, -0.2) is 0 Å². The first-order valence-electron chi connectivity index (χ1n) is 6.42. The van der Waals surface area contributed by atoms with Gasteiger partial charge in [-0.05, 0) is 32.7 Å². The minimum atomic E-state index is 0.188. The molecule has 4 heteroatoms. The number of hydrogen-bond donors (Lipinski definition) is 2. The fraction of sp³-hybridized carbons (Fsp3) is 1.00. The summed E-state index contributed by atoms with van der Waals surface area (Å²) in [6.07, 6.45) is 3.53. The lowest BCUT2D eigenvalue weighted by molar-refractivity contribution is 0.0265. The SMILES string of the molecule is CC1(NCCC2COCCN2)CCCOC1. The van der Waals surface area contributed by atoms with Crippen molar-refractivity contribution < 1.29 is 9.47 Å². The molecule has 2 saturated heterocycles. The molecule has 0 radical (unpaired) electrons. The molecule has 0 aromatic carbocycles. The Kier molecular flexibility index (Phi) is 4.58. The van der Waals surface area contributed by atoms with E-state index in [1.165, 1.54) is 12.8 Å². The van der Waals surface area contributed by atoms with Gasteiger partial charge in [0.2, 0.25) is 0 Å². The fourth-order valence-corrected chi connectivity index (χ4v) is 2.43. The average Bonchev–Trinajstić information content (AvgIpc) is 2.31. The van der Waals surface area contributed by atoms with Crippen LogP contribution in [0.5, 0.6) is 0 Å². The molecule has 0 saturated carbocycles. The first-order chi connectivity index (χ1) is 7.79.